The molecular weight excluding hydrogens is 310 g/mol. The second kappa shape index (κ2) is 6.75. The van der Waals surface area contributed by atoms with Gasteiger partial charge in [-0.3, -0.25) is 4.79 Å². The van der Waals surface area contributed by atoms with Crippen LogP contribution in [0.15, 0.2) is 48.5 Å². The Hall–Kier alpha value is -2.55. The van der Waals surface area contributed by atoms with Crippen molar-refractivity contribution in [1.82, 2.24) is 4.90 Å². The van der Waals surface area contributed by atoms with Crippen LogP contribution in [0.2, 0.25) is 0 Å². The van der Waals surface area contributed by atoms with Gasteiger partial charge in [-0.25, -0.2) is 0 Å². The first-order valence-corrected chi connectivity index (χ1v) is 9.11. The molecule has 1 amide bonds. The second-order valence-corrected chi connectivity index (χ2v) is 6.94. The summed E-state index contributed by atoms with van der Waals surface area (Å²) in [5, 5.41) is 10.3. The quantitative estimate of drug-likeness (QED) is 0.895. The molecule has 0 bridgehead atoms. The van der Waals surface area contributed by atoms with E-state index in [1.54, 1.807) is 6.07 Å². The number of benzene rings is 2. The van der Waals surface area contributed by atoms with Crippen LogP contribution in [0.4, 0.5) is 0 Å². The maximum Gasteiger partial charge on any atom is 0.257 e. The average molecular weight is 333 g/mol. The van der Waals surface area contributed by atoms with Gasteiger partial charge in [0.05, 0.1) is 5.56 Å². The number of hydrogen-bond donors (Lipinski definition) is 1. The molecule has 2 aliphatic rings. The molecule has 0 saturated heterocycles. The summed E-state index contributed by atoms with van der Waals surface area (Å²) in [5.41, 5.74) is 5.40. The van der Waals surface area contributed by atoms with Crippen LogP contribution in [0.25, 0.3) is 5.57 Å². The molecule has 0 aromatic heterocycles. The number of hydrogen-bond acceptors (Lipinski definition) is 2. The summed E-state index contributed by atoms with van der Waals surface area (Å²) in [7, 11) is 0. The highest BCUT2D eigenvalue weighted by Gasteiger charge is 2.23. The molecule has 0 saturated carbocycles. The third-order valence-corrected chi connectivity index (χ3v) is 5.33. The summed E-state index contributed by atoms with van der Waals surface area (Å²) < 4.78 is 0. The number of rotatable bonds is 2. The van der Waals surface area contributed by atoms with E-state index in [4.69, 9.17) is 0 Å². The smallest absolute Gasteiger partial charge is 0.257 e. The minimum absolute atomic E-state index is 0.0609. The normalized spacial score (nSPS) is 17.0. The lowest BCUT2D eigenvalue weighted by Crippen LogP contribution is -2.34. The summed E-state index contributed by atoms with van der Waals surface area (Å²) in [5.74, 6) is 0.0673. The Kier molecular flexibility index (Phi) is 4.31. The molecule has 0 atom stereocenters. The maximum absolute atomic E-state index is 12.9. The van der Waals surface area contributed by atoms with Crippen molar-refractivity contribution in [3.8, 4) is 5.75 Å². The molecule has 2 aromatic rings. The molecule has 128 valence electrons. The molecule has 2 aromatic carbocycles. The van der Waals surface area contributed by atoms with Crippen LogP contribution in [0, 0.1) is 0 Å². The highest BCUT2D eigenvalue weighted by atomic mass is 16.3. The zero-order valence-corrected chi connectivity index (χ0v) is 14.4. The highest BCUT2D eigenvalue weighted by molar-refractivity contribution is 5.97. The number of aromatic hydroxyl groups is 1. The first-order chi connectivity index (χ1) is 12.2. The Morgan fingerprint density at radius 2 is 1.68 bits per heavy atom. The van der Waals surface area contributed by atoms with Gasteiger partial charge in [0.15, 0.2) is 0 Å². The van der Waals surface area contributed by atoms with Crippen LogP contribution < -0.4 is 0 Å². The Morgan fingerprint density at radius 1 is 0.960 bits per heavy atom. The fourth-order valence-electron chi connectivity index (χ4n) is 3.88. The van der Waals surface area contributed by atoms with Crippen LogP contribution in [0.3, 0.4) is 0 Å². The number of amides is 1. The molecule has 4 rings (SSSR count). The van der Waals surface area contributed by atoms with Gasteiger partial charge in [0.2, 0.25) is 0 Å². The number of aryl methyl sites for hydroxylation is 2. The number of phenols is 1. The zero-order valence-electron chi connectivity index (χ0n) is 14.4. The molecule has 1 aliphatic heterocycles. The SMILES string of the molecule is O=C(c1cc2c(cc1O)CCCC2)N1CC=C(c2ccccc2)CC1. The van der Waals surface area contributed by atoms with E-state index in [9.17, 15) is 9.90 Å². The van der Waals surface area contributed by atoms with Crippen molar-refractivity contribution in [3.05, 3.63) is 70.8 Å². The molecule has 0 spiro atoms. The average Bonchev–Trinajstić information content (AvgIpc) is 2.68. The predicted octanol–water partition coefficient (Wildman–Crippen LogP) is 4.20. The number of carbonyl (C=O) groups excluding carboxylic acids is 1. The highest BCUT2D eigenvalue weighted by Crippen LogP contribution is 2.30. The monoisotopic (exact) mass is 333 g/mol. The van der Waals surface area contributed by atoms with Gasteiger partial charge in [-0.1, -0.05) is 36.4 Å². The molecule has 0 fully saturated rings. The maximum atomic E-state index is 12.9. The predicted molar refractivity (Wildman–Crippen MR) is 99.7 cm³/mol. The van der Waals surface area contributed by atoms with Gasteiger partial charge in [0.25, 0.3) is 5.91 Å². The van der Waals surface area contributed by atoms with E-state index in [-0.39, 0.29) is 11.7 Å². The summed E-state index contributed by atoms with van der Waals surface area (Å²) in [4.78, 5) is 14.7. The molecular formula is C22H23NO2. The fraction of sp³-hybridized carbons (Fsp3) is 0.318. The van der Waals surface area contributed by atoms with E-state index in [1.165, 1.54) is 28.7 Å². The Balaban J connectivity index is 1.54. The van der Waals surface area contributed by atoms with Gasteiger partial charge < -0.3 is 10.0 Å². The second-order valence-electron chi connectivity index (χ2n) is 6.94. The van der Waals surface area contributed by atoms with Crippen molar-refractivity contribution in [2.24, 2.45) is 0 Å². The summed E-state index contributed by atoms with van der Waals surface area (Å²) in [6.45, 7) is 1.29. The first kappa shape index (κ1) is 15.9. The largest absolute Gasteiger partial charge is 0.507 e. The minimum Gasteiger partial charge on any atom is -0.507 e. The van der Waals surface area contributed by atoms with Gasteiger partial charge in [-0.15, -0.1) is 0 Å². The van der Waals surface area contributed by atoms with Gasteiger partial charge >= 0.3 is 0 Å². The van der Waals surface area contributed by atoms with Gasteiger partial charge in [0.1, 0.15) is 5.75 Å². The van der Waals surface area contributed by atoms with Crippen LogP contribution >= 0.6 is 0 Å². The summed E-state index contributed by atoms with van der Waals surface area (Å²) in [6, 6.07) is 14.0. The van der Waals surface area contributed by atoms with E-state index in [0.29, 0.717) is 18.7 Å². The van der Waals surface area contributed by atoms with Crippen LogP contribution in [-0.2, 0) is 12.8 Å². The first-order valence-electron chi connectivity index (χ1n) is 9.11. The molecule has 0 radical (unpaired) electrons. The summed E-state index contributed by atoms with van der Waals surface area (Å²) >= 11 is 0. The van der Waals surface area contributed by atoms with Gasteiger partial charge in [-0.2, -0.15) is 0 Å². The van der Waals surface area contributed by atoms with Gasteiger partial charge in [-0.05, 0) is 66.5 Å². The molecule has 1 aliphatic carbocycles. The fourth-order valence-corrected chi connectivity index (χ4v) is 3.88. The lowest BCUT2D eigenvalue weighted by Gasteiger charge is -2.27. The molecule has 1 heterocycles. The Bertz CT molecular complexity index is 823. The molecule has 3 nitrogen and oxygen atoms in total. The number of phenolic OH excluding ortho intramolecular Hbond substituents is 1. The third kappa shape index (κ3) is 3.19. The van der Waals surface area contributed by atoms with Crippen molar-refractivity contribution < 1.29 is 9.90 Å². The van der Waals surface area contributed by atoms with Crippen molar-refractivity contribution in [3.63, 3.8) is 0 Å². The topological polar surface area (TPSA) is 40.5 Å². The van der Waals surface area contributed by atoms with E-state index in [1.807, 2.05) is 29.2 Å². The molecule has 0 unspecified atom stereocenters. The van der Waals surface area contributed by atoms with Crippen LogP contribution in [-0.4, -0.2) is 29.0 Å². The number of fused-ring (bicyclic) bond motifs is 1. The van der Waals surface area contributed by atoms with Crippen LogP contribution in [0.5, 0.6) is 5.75 Å². The van der Waals surface area contributed by atoms with E-state index >= 15 is 0 Å². The zero-order chi connectivity index (χ0) is 17.2. The summed E-state index contributed by atoms with van der Waals surface area (Å²) in [6.07, 6.45) is 7.32. The minimum atomic E-state index is -0.0609. The standard InChI is InChI=1S/C22H23NO2/c24-21-15-19-9-5-4-8-18(19)14-20(21)22(25)23-12-10-17(11-13-23)16-6-2-1-3-7-16/h1-3,6-7,10,14-15,24H,4-5,8-9,11-13H2. The lowest BCUT2D eigenvalue weighted by molar-refractivity contribution is 0.0769. The Labute approximate surface area is 148 Å². The molecule has 3 heteroatoms. The van der Waals surface area contributed by atoms with Gasteiger partial charge in [0, 0.05) is 13.1 Å². The van der Waals surface area contributed by atoms with E-state index in [0.717, 1.165) is 25.7 Å². The van der Waals surface area contributed by atoms with Crippen molar-refractivity contribution >= 4 is 11.5 Å². The molecule has 1 N–H and O–H groups in total. The third-order valence-electron chi connectivity index (χ3n) is 5.33. The van der Waals surface area contributed by atoms with Crippen LogP contribution in [0.1, 0.15) is 46.3 Å². The van der Waals surface area contributed by atoms with Crippen molar-refractivity contribution in [1.29, 1.82) is 0 Å². The molecule has 25 heavy (non-hydrogen) atoms. The lowest BCUT2D eigenvalue weighted by atomic mass is 9.89. The Morgan fingerprint density at radius 3 is 2.36 bits per heavy atom. The van der Waals surface area contributed by atoms with E-state index in [2.05, 4.69) is 18.2 Å². The number of carbonyl (C=O) groups is 1. The van der Waals surface area contributed by atoms with E-state index < -0.39 is 0 Å². The van der Waals surface area contributed by atoms with Crippen molar-refractivity contribution in [2.45, 2.75) is 32.1 Å². The van der Waals surface area contributed by atoms with Crippen molar-refractivity contribution in [2.75, 3.05) is 13.1 Å². The number of nitrogens with zero attached hydrogens (tertiary/aromatic N) is 1.